The molecule has 0 bridgehead atoms. The van der Waals surface area contributed by atoms with Crippen molar-refractivity contribution in [2.45, 2.75) is 0 Å². The van der Waals surface area contributed by atoms with Gasteiger partial charge in [0.2, 0.25) is 10.0 Å². The molecule has 2 aromatic rings. The molecule has 1 heterocycles. The van der Waals surface area contributed by atoms with Crippen LogP contribution in [-0.4, -0.2) is 40.0 Å². The Morgan fingerprint density at radius 1 is 1.25 bits per heavy atom. The van der Waals surface area contributed by atoms with E-state index >= 15 is 0 Å². The molecule has 0 saturated carbocycles. The van der Waals surface area contributed by atoms with Gasteiger partial charge in [-0.05, 0) is 18.2 Å². The van der Waals surface area contributed by atoms with E-state index in [1.165, 1.54) is 13.3 Å². The van der Waals surface area contributed by atoms with Crippen molar-refractivity contribution >= 4 is 26.6 Å². The fraction of sp³-hybridized carbons (Fsp3) is 0.308. The zero-order chi connectivity index (χ0) is 14.6. The van der Waals surface area contributed by atoms with Crippen LogP contribution >= 0.6 is 0 Å². The number of benzene rings is 1. The van der Waals surface area contributed by atoms with Crippen molar-refractivity contribution < 1.29 is 17.9 Å². The van der Waals surface area contributed by atoms with Gasteiger partial charge in [-0.2, -0.15) is 0 Å². The van der Waals surface area contributed by atoms with Crippen molar-refractivity contribution in [1.82, 2.24) is 4.98 Å². The summed E-state index contributed by atoms with van der Waals surface area (Å²) >= 11 is 0. The predicted octanol–water partition coefficient (Wildman–Crippen LogP) is 1.63. The molecule has 1 N–H and O–H groups in total. The third kappa shape index (κ3) is 3.58. The van der Waals surface area contributed by atoms with Gasteiger partial charge in [0.05, 0.1) is 36.9 Å². The van der Waals surface area contributed by atoms with E-state index in [1.54, 1.807) is 25.3 Å². The highest BCUT2D eigenvalue weighted by molar-refractivity contribution is 7.92. The fourth-order valence-corrected chi connectivity index (χ4v) is 2.67. The van der Waals surface area contributed by atoms with Gasteiger partial charge in [-0.15, -0.1) is 0 Å². The second kappa shape index (κ2) is 6.06. The Labute approximate surface area is 117 Å². The molecule has 6 nitrogen and oxygen atoms in total. The second-order valence-corrected chi connectivity index (χ2v) is 6.04. The summed E-state index contributed by atoms with van der Waals surface area (Å²) in [4.78, 5) is 4.22. The molecule has 0 atom stereocenters. The van der Waals surface area contributed by atoms with E-state index in [0.29, 0.717) is 11.4 Å². The summed E-state index contributed by atoms with van der Waals surface area (Å²) in [5.74, 6) is 0.614. The fourth-order valence-electron chi connectivity index (χ4n) is 1.71. The molecule has 0 aliphatic carbocycles. The summed E-state index contributed by atoms with van der Waals surface area (Å²) in [6.07, 6.45) is 1.48. The minimum Gasteiger partial charge on any atom is -0.497 e. The van der Waals surface area contributed by atoms with Crippen molar-refractivity contribution in [1.29, 1.82) is 0 Å². The number of methoxy groups -OCH3 is 2. The highest BCUT2D eigenvalue weighted by Crippen LogP contribution is 2.22. The van der Waals surface area contributed by atoms with Crippen molar-refractivity contribution in [3.63, 3.8) is 0 Å². The standard InChI is InChI=1S/C13H16N2O4S/c1-18-5-6-20(16,17)15-11-7-10-3-4-12(19-2)8-13(10)14-9-11/h3-4,7-9,15H,5-6H2,1-2H3. The van der Waals surface area contributed by atoms with Crippen LogP contribution in [0.3, 0.4) is 0 Å². The Kier molecular flexibility index (Phi) is 4.41. The molecule has 20 heavy (non-hydrogen) atoms. The number of sulfonamides is 1. The van der Waals surface area contributed by atoms with Crippen LogP contribution in [0.1, 0.15) is 0 Å². The molecule has 1 aromatic carbocycles. The van der Waals surface area contributed by atoms with Crippen molar-refractivity contribution in [3.05, 3.63) is 30.5 Å². The number of nitrogens with zero attached hydrogens (tertiary/aromatic N) is 1. The molecule has 0 unspecified atom stereocenters. The first kappa shape index (κ1) is 14.5. The molecule has 2 rings (SSSR count). The van der Waals surface area contributed by atoms with E-state index < -0.39 is 10.0 Å². The summed E-state index contributed by atoms with van der Waals surface area (Å²) in [5, 5.41) is 0.831. The normalized spacial score (nSPS) is 11.5. The van der Waals surface area contributed by atoms with E-state index in [-0.39, 0.29) is 12.4 Å². The highest BCUT2D eigenvalue weighted by atomic mass is 32.2. The van der Waals surface area contributed by atoms with E-state index in [9.17, 15) is 8.42 Å². The van der Waals surface area contributed by atoms with Crippen molar-refractivity contribution in [3.8, 4) is 5.75 Å². The topological polar surface area (TPSA) is 77.5 Å². The van der Waals surface area contributed by atoms with Gasteiger partial charge in [-0.3, -0.25) is 9.71 Å². The van der Waals surface area contributed by atoms with Crippen LogP contribution in [0.2, 0.25) is 0 Å². The number of hydrogen-bond acceptors (Lipinski definition) is 5. The zero-order valence-corrected chi connectivity index (χ0v) is 12.1. The quantitative estimate of drug-likeness (QED) is 0.876. The number of ether oxygens (including phenoxy) is 2. The smallest absolute Gasteiger partial charge is 0.235 e. The van der Waals surface area contributed by atoms with Gasteiger partial charge in [0.15, 0.2) is 0 Å². The summed E-state index contributed by atoms with van der Waals surface area (Å²) in [6.45, 7) is 0.146. The van der Waals surface area contributed by atoms with E-state index in [0.717, 1.165) is 10.9 Å². The molecule has 0 aliphatic rings. The van der Waals surface area contributed by atoms with E-state index in [1.807, 2.05) is 6.07 Å². The maximum Gasteiger partial charge on any atom is 0.235 e. The van der Waals surface area contributed by atoms with Crippen LogP contribution in [0.4, 0.5) is 5.69 Å². The number of hydrogen-bond donors (Lipinski definition) is 1. The van der Waals surface area contributed by atoms with Crippen LogP contribution in [0.25, 0.3) is 10.9 Å². The van der Waals surface area contributed by atoms with Gasteiger partial charge in [0.1, 0.15) is 5.75 Å². The molecule has 0 saturated heterocycles. The number of pyridine rings is 1. The minimum absolute atomic E-state index is 0.0931. The first-order chi connectivity index (χ1) is 9.54. The highest BCUT2D eigenvalue weighted by Gasteiger charge is 2.10. The van der Waals surface area contributed by atoms with Gasteiger partial charge >= 0.3 is 0 Å². The van der Waals surface area contributed by atoms with Crippen LogP contribution in [0.5, 0.6) is 5.75 Å². The van der Waals surface area contributed by atoms with Crippen LogP contribution in [-0.2, 0) is 14.8 Å². The Hall–Kier alpha value is -1.86. The first-order valence-corrected chi connectivity index (χ1v) is 7.62. The van der Waals surface area contributed by atoms with Gasteiger partial charge in [-0.1, -0.05) is 0 Å². The number of nitrogens with one attached hydrogen (secondary N) is 1. The maximum absolute atomic E-state index is 11.8. The zero-order valence-electron chi connectivity index (χ0n) is 11.3. The van der Waals surface area contributed by atoms with Crippen LogP contribution < -0.4 is 9.46 Å². The Bertz CT molecular complexity index is 701. The summed E-state index contributed by atoms with van der Waals surface area (Å²) in [6, 6.07) is 7.14. The minimum atomic E-state index is -3.42. The largest absolute Gasteiger partial charge is 0.497 e. The first-order valence-electron chi connectivity index (χ1n) is 5.97. The van der Waals surface area contributed by atoms with E-state index in [2.05, 4.69) is 9.71 Å². The molecule has 0 aliphatic heterocycles. The van der Waals surface area contributed by atoms with Crippen molar-refractivity contribution in [2.75, 3.05) is 31.3 Å². The Morgan fingerprint density at radius 3 is 2.75 bits per heavy atom. The lowest BCUT2D eigenvalue weighted by Crippen LogP contribution is -2.19. The molecule has 0 fully saturated rings. The summed E-state index contributed by atoms with van der Waals surface area (Å²) < 4.78 is 35.9. The average molecular weight is 296 g/mol. The van der Waals surface area contributed by atoms with Crippen LogP contribution in [0, 0.1) is 0 Å². The monoisotopic (exact) mass is 296 g/mol. The van der Waals surface area contributed by atoms with Gasteiger partial charge in [-0.25, -0.2) is 8.42 Å². The molecular formula is C13H16N2O4S. The lowest BCUT2D eigenvalue weighted by Gasteiger charge is -2.08. The molecule has 0 spiro atoms. The lowest BCUT2D eigenvalue weighted by molar-refractivity contribution is 0.217. The third-order valence-electron chi connectivity index (χ3n) is 2.72. The Balaban J connectivity index is 2.24. The number of anilines is 1. The molecule has 1 aromatic heterocycles. The molecule has 0 amide bonds. The van der Waals surface area contributed by atoms with Crippen molar-refractivity contribution in [2.24, 2.45) is 0 Å². The number of fused-ring (bicyclic) bond motifs is 1. The van der Waals surface area contributed by atoms with Gasteiger partial charge in [0, 0.05) is 18.6 Å². The third-order valence-corrected chi connectivity index (χ3v) is 3.97. The summed E-state index contributed by atoms with van der Waals surface area (Å²) in [7, 11) is -0.376. The lowest BCUT2D eigenvalue weighted by atomic mass is 10.2. The predicted molar refractivity (Wildman–Crippen MR) is 77.6 cm³/mol. The van der Waals surface area contributed by atoms with Crippen LogP contribution in [0.15, 0.2) is 30.5 Å². The molecule has 0 radical (unpaired) electrons. The molecule has 108 valence electrons. The van der Waals surface area contributed by atoms with E-state index in [4.69, 9.17) is 9.47 Å². The van der Waals surface area contributed by atoms with Gasteiger partial charge in [0.25, 0.3) is 0 Å². The van der Waals surface area contributed by atoms with Gasteiger partial charge < -0.3 is 9.47 Å². The maximum atomic E-state index is 11.8. The SMILES string of the molecule is COCCS(=O)(=O)Nc1cnc2cc(OC)ccc2c1. The Morgan fingerprint density at radius 2 is 2.05 bits per heavy atom. The number of aromatic nitrogens is 1. The molecule has 7 heteroatoms. The second-order valence-electron chi connectivity index (χ2n) is 4.20. The molecular weight excluding hydrogens is 280 g/mol. The number of rotatable bonds is 6. The average Bonchev–Trinajstić information content (AvgIpc) is 2.44. The summed E-state index contributed by atoms with van der Waals surface area (Å²) in [5.41, 5.74) is 1.17.